The molecular formula is C22H26Cl2O4. The number of rotatable bonds is 8. The van der Waals surface area contributed by atoms with Crippen LogP contribution in [0.2, 0.25) is 10.0 Å². The number of carboxylic acids is 2. The molecule has 152 valence electrons. The monoisotopic (exact) mass is 424 g/mol. The first-order chi connectivity index (χ1) is 13.3. The summed E-state index contributed by atoms with van der Waals surface area (Å²) in [5.74, 6) is -1.26. The quantitative estimate of drug-likeness (QED) is 0.486. The van der Waals surface area contributed by atoms with Gasteiger partial charge in [0.05, 0.1) is 16.1 Å². The van der Waals surface area contributed by atoms with E-state index in [1.54, 1.807) is 12.1 Å². The fourth-order valence-electron chi connectivity index (χ4n) is 2.82. The predicted octanol–water partition coefficient (Wildman–Crippen LogP) is 6.84. The molecule has 2 rings (SSSR count). The molecule has 0 spiro atoms. The topological polar surface area (TPSA) is 74.6 Å². The molecule has 2 aromatic rings. The molecule has 4 nitrogen and oxygen atoms in total. The van der Waals surface area contributed by atoms with Crippen LogP contribution in [0.15, 0.2) is 42.5 Å². The summed E-state index contributed by atoms with van der Waals surface area (Å²) in [5, 5.41) is 18.2. The summed E-state index contributed by atoms with van der Waals surface area (Å²) in [4.78, 5) is 21.5. The van der Waals surface area contributed by atoms with Crippen LogP contribution in [0, 0.1) is 5.92 Å². The molecular weight excluding hydrogens is 399 g/mol. The van der Waals surface area contributed by atoms with Gasteiger partial charge >= 0.3 is 11.9 Å². The Kier molecular flexibility index (Phi) is 10.6. The fourth-order valence-corrected chi connectivity index (χ4v) is 3.31. The Morgan fingerprint density at radius 1 is 0.964 bits per heavy atom. The first-order valence-corrected chi connectivity index (χ1v) is 10.0. The van der Waals surface area contributed by atoms with E-state index in [1.165, 1.54) is 37.5 Å². The number of benzene rings is 2. The van der Waals surface area contributed by atoms with Crippen LogP contribution < -0.4 is 0 Å². The number of halogens is 2. The summed E-state index contributed by atoms with van der Waals surface area (Å²) in [6.07, 6.45) is 5.64. The molecule has 0 bridgehead atoms. The van der Waals surface area contributed by atoms with Crippen LogP contribution in [0.1, 0.15) is 65.8 Å². The van der Waals surface area contributed by atoms with Crippen LogP contribution in [0.4, 0.5) is 0 Å². The second-order valence-electron chi connectivity index (χ2n) is 6.51. The standard InChI is InChI=1S/C15H22O2.C7H4Cl2O2/c1-3-5-8-12(4-2)11-13-9-6-7-10-14(13)15(16)17;8-4-1-2-5(7(10)11)6(9)3-4/h6-7,9-10,12H,3-5,8,11H2,1-2H3,(H,16,17);1-3H,(H,10,11). The van der Waals surface area contributed by atoms with E-state index >= 15 is 0 Å². The van der Waals surface area contributed by atoms with Crippen molar-refractivity contribution in [3.05, 3.63) is 69.2 Å². The lowest BCUT2D eigenvalue weighted by Gasteiger charge is -2.15. The summed E-state index contributed by atoms with van der Waals surface area (Å²) in [5.41, 5.74) is 1.50. The maximum atomic E-state index is 11.1. The normalized spacial score (nSPS) is 11.3. The van der Waals surface area contributed by atoms with E-state index in [4.69, 9.17) is 33.4 Å². The third-order valence-electron chi connectivity index (χ3n) is 4.46. The number of carbonyl (C=O) groups is 2. The molecule has 0 amide bonds. The minimum Gasteiger partial charge on any atom is -0.478 e. The lowest BCUT2D eigenvalue weighted by molar-refractivity contribution is 0.0685. The molecule has 2 N–H and O–H groups in total. The average molecular weight is 425 g/mol. The molecule has 0 aliphatic carbocycles. The fraction of sp³-hybridized carbons (Fsp3) is 0.364. The Hall–Kier alpha value is -2.04. The van der Waals surface area contributed by atoms with Crippen molar-refractivity contribution in [2.75, 3.05) is 0 Å². The zero-order valence-corrected chi connectivity index (χ0v) is 17.6. The molecule has 0 heterocycles. The van der Waals surface area contributed by atoms with Crippen LogP contribution in [-0.4, -0.2) is 22.2 Å². The zero-order chi connectivity index (χ0) is 21.1. The average Bonchev–Trinajstić information content (AvgIpc) is 2.65. The van der Waals surface area contributed by atoms with Gasteiger partial charge in [-0.05, 0) is 42.2 Å². The van der Waals surface area contributed by atoms with Crippen molar-refractivity contribution in [3.8, 4) is 0 Å². The molecule has 0 fully saturated rings. The lowest BCUT2D eigenvalue weighted by Crippen LogP contribution is -2.08. The predicted molar refractivity (Wildman–Crippen MR) is 114 cm³/mol. The van der Waals surface area contributed by atoms with Crippen molar-refractivity contribution in [2.24, 2.45) is 5.92 Å². The van der Waals surface area contributed by atoms with E-state index in [0.29, 0.717) is 16.5 Å². The highest BCUT2D eigenvalue weighted by Gasteiger charge is 2.13. The molecule has 2 aromatic carbocycles. The Bertz CT molecular complexity index is 790. The molecule has 0 radical (unpaired) electrons. The number of carboxylic acid groups (broad SMARTS) is 2. The van der Waals surface area contributed by atoms with Gasteiger partial charge in [-0.1, -0.05) is 80.9 Å². The van der Waals surface area contributed by atoms with E-state index in [-0.39, 0.29) is 10.6 Å². The van der Waals surface area contributed by atoms with Gasteiger partial charge in [-0.15, -0.1) is 0 Å². The van der Waals surface area contributed by atoms with Crippen molar-refractivity contribution >= 4 is 35.1 Å². The molecule has 6 heteroatoms. The Labute approximate surface area is 176 Å². The van der Waals surface area contributed by atoms with Gasteiger partial charge in [0.25, 0.3) is 0 Å². The molecule has 1 unspecified atom stereocenters. The minimum absolute atomic E-state index is 0.0658. The lowest BCUT2D eigenvalue weighted by atomic mass is 9.90. The Morgan fingerprint density at radius 3 is 2.14 bits per heavy atom. The van der Waals surface area contributed by atoms with Gasteiger partial charge in [0.15, 0.2) is 0 Å². The maximum absolute atomic E-state index is 11.1. The summed E-state index contributed by atoms with van der Waals surface area (Å²) in [6.45, 7) is 4.38. The van der Waals surface area contributed by atoms with Gasteiger partial charge in [-0.2, -0.15) is 0 Å². The van der Waals surface area contributed by atoms with Crippen LogP contribution in [0.5, 0.6) is 0 Å². The first kappa shape index (κ1) is 24.0. The summed E-state index contributed by atoms with van der Waals surface area (Å²) in [7, 11) is 0. The van der Waals surface area contributed by atoms with Crippen LogP contribution in [0.25, 0.3) is 0 Å². The van der Waals surface area contributed by atoms with Gasteiger partial charge in [0, 0.05) is 5.02 Å². The summed E-state index contributed by atoms with van der Waals surface area (Å²) < 4.78 is 0. The Balaban J connectivity index is 0.000000307. The molecule has 0 saturated carbocycles. The van der Waals surface area contributed by atoms with E-state index in [0.717, 1.165) is 18.4 Å². The van der Waals surface area contributed by atoms with E-state index in [2.05, 4.69) is 13.8 Å². The zero-order valence-electron chi connectivity index (χ0n) is 16.1. The highest BCUT2D eigenvalue weighted by molar-refractivity contribution is 6.36. The molecule has 0 aromatic heterocycles. The van der Waals surface area contributed by atoms with Gasteiger partial charge < -0.3 is 10.2 Å². The molecule has 0 aliphatic rings. The number of hydrogen-bond donors (Lipinski definition) is 2. The first-order valence-electron chi connectivity index (χ1n) is 9.29. The molecule has 0 aliphatic heterocycles. The van der Waals surface area contributed by atoms with Crippen LogP contribution >= 0.6 is 23.2 Å². The van der Waals surface area contributed by atoms with Crippen molar-refractivity contribution in [1.29, 1.82) is 0 Å². The van der Waals surface area contributed by atoms with Crippen LogP contribution in [-0.2, 0) is 6.42 Å². The highest BCUT2D eigenvalue weighted by atomic mass is 35.5. The van der Waals surface area contributed by atoms with Crippen molar-refractivity contribution in [3.63, 3.8) is 0 Å². The largest absolute Gasteiger partial charge is 0.478 e. The third kappa shape index (κ3) is 7.91. The van der Waals surface area contributed by atoms with E-state index in [9.17, 15) is 9.59 Å². The minimum atomic E-state index is -1.05. The summed E-state index contributed by atoms with van der Waals surface area (Å²) >= 11 is 11.1. The maximum Gasteiger partial charge on any atom is 0.337 e. The third-order valence-corrected chi connectivity index (χ3v) is 5.01. The smallest absolute Gasteiger partial charge is 0.337 e. The van der Waals surface area contributed by atoms with Gasteiger partial charge in [-0.25, -0.2) is 9.59 Å². The number of aromatic carboxylic acids is 2. The van der Waals surface area contributed by atoms with E-state index in [1.807, 2.05) is 12.1 Å². The number of hydrogen-bond acceptors (Lipinski definition) is 2. The number of unbranched alkanes of at least 4 members (excludes halogenated alkanes) is 1. The highest BCUT2D eigenvalue weighted by Crippen LogP contribution is 2.21. The van der Waals surface area contributed by atoms with E-state index < -0.39 is 11.9 Å². The summed E-state index contributed by atoms with van der Waals surface area (Å²) in [6, 6.07) is 11.6. The SMILES string of the molecule is CCCCC(CC)Cc1ccccc1C(=O)O.O=C(O)c1ccc(Cl)cc1Cl. The molecule has 0 saturated heterocycles. The Morgan fingerprint density at radius 2 is 1.61 bits per heavy atom. The second kappa shape index (κ2) is 12.4. The second-order valence-corrected chi connectivity index (χ2v) is 7.36. The van der Waals surface area contributed by atoms with Crippen molar-refractivity contribution in [2.45, 2.75) is 46.0 Å². The van der Waals surface area contributed by atoms with Crippen molar-refractivity contribution < 1.29 is 19.8 Å². The molecule has 1 atom stereocenters. The van der Waals surface area contributed by atoms with Gasteiger partial charge in [0.1, 0.15) is 0 Å². The van der Waals surface area contributed by atoms with Crippen LogP contribution in [0.3, 0.4) is 0 Å². The van der Waals surface area contributed by atoms with Gasteiger partial charge in [-0.3, -0.25) is 0 Å². The van der Waals surface area contributed by atoms with Gasteiger partial charge in [0.2, 0.25) is 0 Å². The van der Waals surface area contributed by atoms with Crippen molar-refractivity contribution in [1.82, 2.24) is 0 Å². The molecule has 28 heavy (non-hydrogen) atoms.